The van der Waals surface area contributed by atoms with Crippen LogP contribution >= 0.6 is 0 Å². The van der Waals surface area contributed by atoms with Gasteiger partial charge >= 0.3 is 0 Å². The number of furan rings is 2. The van der Waals surface area contributed by atoms with Crippen LogP contribution in [0.2, 0.25) is 0 Å². The molecule has 16 rings (SSSR count). The van der Waals surface area contributed by atoms with Crippen molar-refractivity contribution in [2.45, 2.75) is 11.8 Å². The Bertz CT molecular complexity index is 4000. The fourth-order valence-electron chi connectivity index (χ4n) is 11.0. The molecule has 0 aliphatic heterocycles. The van der Waals surface area contributed by atoms with Gasteiger partial charge in [0.25, 0.3) is 0 Å². The summed E-state index contributed by atoms with van der Waals surface area (Å²) in [5.74, 6) is 1.37. The zero-order chi connectivity index (χ0) is 45.9. The van der Waals surface area contributed by atoms with Crippen molar-refractivity contribution >= 4 is 43.9 Å². The van der Waals surface area contributed by atoms with E-state index < -0.39 is 0 Å². The van der Waals surface area contributed by atoms with Crippen molar-refractivity contribution in [1.82, 2.24) is 29.9 Å². The lowest BCUT2D eigenvalue weighted by molar-refractivity contribution is 0.668. The van der Waals surface area contributed by atoms with Gasteiger partial charge in [0, 0.05) is 91.5 Å². The van der Waals surface area contributed by atoms with E-state index in [1.54, 1.807) is 12.4 Å². The van der Waals surface area contributed by atoms with Gasteiger partial charge in [-0.05, 0) is 106 Å². The van der Waals surface area contributed by atoms with Crippen molar-refractivity contribution in [2.24, 2.45) is 0 Å². The van der Waals surface area contributed by atoms with Gasteiger partial charge in [-0.1, -0.05) is 109 Å². The number of hydrogen-bond acceptors (Lipinski definition) is 8. The van der Waals surface area contributed by atoms with Gasteiger partial charge in [0.1, 0.15) is 22.3 Å². The van der Waals surface area contributed by atoms with Crippen LogP contribution in [-0.2, 0) is 0 Å². The lowest BCUT2D eigenvalue weighted by Crippen LogP contribution is -2.27. The summed E-state index contributed by atoms with van der Waals surface area (Å²) in [6.07, 6.45) is 7.24. The molecule has 0 amide bonds. The number of hydrogen-bond donors (Lipinski definition) is 0. The topological polar surface area (TPSA) is 104 Å². The molecule has 6 aromatic heterocycles. The van der Waals surface area contributed by atoms with Crippen molar-refractivity contribution in [3.63, 3.8) is 0 Å². The Kier molecular flexibility index (Phi) is 8.32. The summed E-state index contributed by atoms with van der Waals surface area (Å²) in [5, 5.41) is 3.95. The molecule has 0 radical (unpaired) electrons. The zero-order valence-electron chi connectivity index (χ0n) is 37.3. The van der Waals surface area contributed by atoms with Gasteiger partial charge in [-0.3, -0.25) is 9.97 Å². The van der Waals surface area contributed by atoms with E-state index in [9.17, 15) is 0 Å². The van der Waals surface area contributed by atoms with Crippen LogP contribution in [0.3, 0.4) is 0 Å². The van der Waals surface area contributed by atoms with Crippen LogP contribution in [-0.4, -0.2) is 29.9 Å². The fourth-order valence-corrected chi connectivity index (χ4v) is 11.0. The highest BCUT2D eigenvalue weighted by molar-refractivity contribution is 6.07. The highest BCUT2D eigenvalue weighted by Gasteiger charge is 2.41. The van der Waals surface area contributed by atoms with E-state index in [4.69, 9.17) is 28.8 Å². The van der Waals surface area contributed by atoms with E-state index in [1.807, 2.05) is 48.8 Å². The maximum atomic E-state index is 6.17. The molecule has 8 nitrogen and oxygen atoms in total. The third kappa shape index (κ3) is 6.03. The molecule has 0 saturated carbocycles. The van der Waals surface area contributed by atoms with E-state index in [1.165, 1.54) is 33.4 Å². The van der Waals surface area contributed by atoms with Crippen molar-refractivity contribution in [3.05, 3.63) is 240 Å². The molecular formula is C62H36N6O2. The zero-order valence-corrected chi connectivity index (χ0v) is 37.3. The Labute approximate surface area is 400 Å². The average molecular weight is 897 g/mol. The lowest BCUT2D eigenvalue weighted by Gasteiger charge is -2.42. The van der Waals surface area contributed by atoms with Crippen molar-refractivity contribution < 1.29 is 8.83 Å². The van der Waals surface area contributed by atoms with E-state index in [0.717, 1.165) is 100 Å². The molecule has 0 fully saturated rings. The summed E-state index contributed by atoms with van der Waals surface area (Å²) in [6.45, 7) is 0. The number of pyridine rings is 2. The first-order valence-corrected chi connectivity index (χ1v) is 23.4. The van der Waals surface area contributed by atoms with Crippen LogP contribution in [0.15, 0.2) is 216 Å². The smallest absolute Gasteiger partial charge is 0.160 e. The van der Waals surface area contributed by atoms with E-state index >= 15 is 0 Å². The minimum Gasteiger partial charge on any atom is -0.456 e. The van der Waals surface area contributed by atoms with Gasteiger partial charge in [0.15, 0.2) is 11.6 Å². The van der Waals surface area contributed by atoms with Crippen molar-refractivity contribution in [2.75, 3.05) is 0 Å². The average Bonchev–Trinajstić information content (AvgIpc) is 4.00. The molecule has 3 aliphatic rings. The van der Waals surface area contributed by atoms with Crippen LogP contribution in [0.5, 0.6) is 0 Å². The Hall–Kier alpha value is -9.40. The third-order valence-corrected chi connectivity index (χ3v) is 14.3. The first-order valence-electron chi connectivity index (χ1n) is 23.4. The van der Waals surface area contributed by atoms with Crippen molar-refractivity contribution in [1.29, 1.82) is 0 Å². The highest BCUT2D eigenvalue weighted by Crippen LogP contribution is 2.56. The van der Waals surface area contributed by atoms with Gasteiger partial charge in [-0.15, -0.1) is 0 Å². The number of nitrogens with zero attached hydrogens (tertiary/aromatic N) is 6. The molecule has 8 heteroatoms. The standard InChI is InChI=1S/C62H36N6O2/c1-3-9-35(10-4-1)51-31-53(37-17-21-55-45(27-37)49-33-63-25-23-57(49)69-55)67-61(65-51)39-15-19-43-47(29-39)59-41-13-7-8-14-42(41)60(43)48-30-40(16-20-44(48)59)62-66-52(36-11-5-2-6-12-36)32-54(68-62)38-18-22-56-46(28-38)50-34-64-26-24-58(50)70-56/h1-34,59-60H. The van der Waals surface area contributed by atoms with E-state index in [-0.39, 0.29) is 11.8 Å². The van der Waals surface area contributed by atoms with Gasteiger partial charge in [-0.25, -0.2) is 19.9 Å². The molecule has 6 heterocycles. The summed E-state index contributed by atoms with van der Waals surface area (Å²) in [5.41, 5.74) is 20.4. The molecule has 7 aromatic carbocycles. The monoisotopic (exact) mass is 896 g/mol. The Balaban J connectivity index is 0.857. The maximum absolute atomic E-state index is 6.17. The quantitative estimate of drug-likeness (QED) is 0.163. The second-order valence-corrected chi connectivity index (χ2v) is 18.2. The first kappa shape index (κ1) is 38.7. The first-order chi connectivity index (χ1) is 34.6. The minimum absolute atomic E-state index is 0.0143. The SMILES string of the molecule is c1ccc(-c2cc(-c3ccc4oc5ccncc5c4c3)nc(-c3ccc4c(c3)C3c5ccccc5C4c4cc(-c5nc(-c6ccccc6)cc(-c6ccc7oc8ccncc8c7c6)n5)ccc43)n2)cc1. The Morgan fingerprint density at radius 1 is 0.286 bits per heavy atom. The highest BCUT2D eigenvalue weighted by atomic mass is 16.3. The molecule has 3 aliphatic carbocycles. The maximum Gasteiger partial charge on any atom is 0.160 e. The van der Waals surface area contributed by atoms with Gasteiger partial charge in [-0.2, -0.15) is 0 Å². The molecule has 13 aromatic rings. The third-order valence-electron chi connectivity index (χ3n) is 14.3. The van der Waals surface area contributed by atoms with Crippen LogP contribution in [0, 0.1) is 0 Å². The Morgan fingerprint density at radius 2 is 0.671 bits per heavy atom. The van der Waals surface area contributed by atoms with Crippen LogP contribution in [0.25, 0.3) is 112 Å². The predicted molar refractivity (Wildman–Crippen MR) is 275 cm³/mol. The largest absolute Gasteiger partial charge is 0.456 e. The van der Waals surface area contributed by atoms with Crippen molar-refractivity contribution in [3.8, 4) is 67.8 Å². The van der Waals surface area contributed by atoms with Crippen LogP contribution < -0.4 is 0 Å². The summed E-state index contributed by atoms with van der Waals surface area (Å²) >= 11 is 0. The fraction of sp³-hybridized carbons (Fsp3) is 0.0323. The van der Waals surface area contributed by atoms with E-state index in [2.05, 4.69) is 156 Å². The predicted octanol–water partition coefficient (Wildman–Crippen LogP) is 14.8. The van der Waals surface area contributed by atoms with Crippen LogP contribution in [0.1, 0.15) is 45.2 Å². The molecule has 326 valence electrons. The number of aromatic nitrogens is 6. The van der Waals surface area contributed by atoms with Gasteiger partial charge in [0.05, 0.1) is 22.8 Å². The van der Waals surface area contributed by atoms with E-state index in [0.29, 0.717) is 11.6 Å². The second kappa shape index (κ2) is 15.1. The molecule has 0 saturated heterocycles. The molecule has 2 unspecified atom stereocenters. The second-order valence-electron chi connectivity index (χ2n) is 18.2. The number of rotatable bonds is 6. The summed E-state index contributed by atoms with van der Waals surface area (Å²) in [4.78, 5) is 30.0. The van der Waals surface area contributed by atoms with Gasteiger partial charge in [0.2, 0.25) is 0 Å². The lowest BCUT2D eigenvalue weighted by atomic mass is 9.61. The molecule has 2 bridgehead atoms. The minimum atomic E-state index is 0.0143. The number of fused-ring (bicyclic) bond motifs is 6. The summed E-state index contributed by atoms with van der Waals surface area (Å²) in [7, 11) is 0. The Morgan fingerprint density at radius 3 is 1.13 bits per heavy atom. The molecule has 2 atom stereocenters. The molecular weight excluding hydrogens is 861 g/mol. The summed E-state index contributed by atoms with van der Waals surface area (Å²) < 4.78 is 12.3. The van der Waals surface area contributed by atoms with Crippen LogP contribution in [0.4, 0.5) is 0 Å². The molecule has 70 heavy (non-hydrogen) atoms. The van der Waals surface area contributed by atoms with Gasteiger partial charge < -0.3 is 8.83 Å². The molecule has 0 N–H and O–H groups in total. The normalized spacial score (nSPS) is 14.6. The number of benzene rings is 7. The molecule has 0 spiro atoms. The summed E-state index contributed by atoms with van der Waals surface area (Å²) in [6, 6.07) is 63.8.